The number of benzene rings is 2. The Labute approximate surface area is 127 Å². The lowest BCUT2D eigenvalue weighted by Gasteiger charge is -2.28. The summed E-state index contributed by atoms with van der Waals surface area (Å²) in [5.74, 6) is 0.926. The van der Waals surface area contributed by atoms with Crippen molar-refractivity contribution in [3.8, 4) is 5.75 Å². The van der Waals surface area contributed by atoms with Gasteiger partial charge in [-0.2, -0.15) is 0 Å². The molecule has 0 unspecified atom stereocenters. The zero-order valence-corrected chi connectivity index (χ0v) is 12.8. The summed E-state index contributed by atoms with van der Waals surface area (Å²) in [5, 5.41) is 3.77. The highest BCUT2D eigenvalue weighted by Crippen LogP contribution is 2.24. The molecule has 2 heteroatoms. The molecule has 0 spiro atoms. The van der Waals surface area contributed by atoms with Crippen LogP contribution in [-0.4, -0.2) is 13.2 Å². The maximum atomic E-state index is 5.31. The van der Waals surface area contributed by atoms with Gasteiger partial charge >= 0.3 is 0 Å². The summed E-state index contributed by atoms with van der Waals surface area (Å²) in [6.45, 7) is 2.23. The molecular weight excluding hydrogens is 258 g/mol. The van der Waals surface area contributed by atoms with Crippen LogP contribution >= 0.6 is 0 Å². The van der Waals surface area contributed by atoms with E-state index in [1.165, 1.54) is 29.5 Å². The van der Waals surface area contributed by atoms with E-state index < -0.39 is 0 Å². The van der Waals surface area contributed by atoms with E-state index >= 15 is 0 Å². The summed E-state index contributed by atoms with van der Waals surface area (Å²) in [7, 11) is 1.72. The summed E-state index contributed by atoms with van der Waals surface area (Å²) < 4.78 is 5.31. The van der Waals surface area contributed by atoms with Gasteiger partial charge in [-0.1, -0.05) is 36.4 Å². The number of aryl methyl sites for hydroxylation is 1. The molecule has 1 aliphatic rings. The number of fused-ring (bicyclic) bond motifs is 1. The topological polar surface area (TPSA) is 21.3 Å². The lowest BCUT2D eigenvalue weighted by Crippen LogP contribution is -2.36. The second-order valence-corrected chi connectivity index (χ2v) is 5.87. The maximum absolute atomic E-state index is 5.31. The van der Waals surface area contributed by atoms with Gasteiger partial charge in [-0.3, -0.25) is 0 Å². The summed E-state index contributed by atoms with van der Waals surface area (Å²) in [6, 6.07) is 18.0. The van der Waals surface area contributed by atoms with Crippen molar-refractivity contribution in [2.75, 3.05) is 7.11 Å². The van der Waals surface area contributed by atoms with E-state index in [1.54, 1.807) is 7.11 Å². The molecule has 110 valence electrons. The van der Waals surface area contributed by atoms with Gasteiger partial charge in [0.15, 0.2) is 0 Å². The molecule has 0 amide bonds. The zero-order valence-electron chi connectivity index (χ0n) is 12.8. The van der Waals surface area contributed by atoms with E-state index in [0.29, 0.717) is 12.1 Å². The van der Waals surface area contributed by atoms with E-state index in [-0.39, 0.29) is 0 Å². The van der Waals surface area contributed by atoms with Crippen molar-refractivity contribution in [2.45, 2.75) is 38.3 Å². The van der Waals surface area contributed by atoms with Crippen LogP contribution in [0.25, 0.3) is 0 Å². The molecule has 2 aromatic carbocycles. The summed E-state index contributed by atoms with van der Waals surface area (Å²) in [4.78, 5) is 0. The quantitative estimate of drug-likeness (QED) is 0.917. The van der Waals surface area contributed by atoms with Crippen LogP contribution in [0.5, 0.6) is 5.75 Å². The van der Waals surface area contributed by atoms with Crippen LogP contribution in [0.1, 0.15) is 36.1 Å². The molecule has 1 N–H and O–H groups in total. The van der Waals surface area contributed by atoms with E-state index in [0.717, 1.165) is 12.2 Å². The standard InChI is InChI=1S/C19H23NO/c1-14(16-8-5-9-19(13-16)21-2)20-18-11-10-15-6-3-4-7-17(15)12-18/h3-9,13-14,18,20H,10-12H2,1-2H3/t14-,18+/m0/s1. The Morgan fingerprint density at radius 1 is 1.10 bits per heavy atom. The molecule has 0 fully saturated rings. The van der Waals surface area contributed by atoms with Crippen molar-refractivity contribution in [3.05, 3.63) is 65.2 Å². The number of ether oxygens (including phenoxy) is 1. The summed E-state index contributed by atoms with van der Waals surface area (Å²) in [5.41, 5.74) is 4.30. The molecule has 0 aromatic heterocycles. The van der Waals surface area contributed by atoms with Crippen molar-refractivity contribution >= 4 is 0 Å². The van der Waals surface area contributed by atoms with Crippen molar-refractivity contribution in [1.29, 1.82) is 0 Å². The van der Waals surface area contributed by atoms with Crippen molar-refractivity contribution in [2.24, 2.45) is 0 Å². The fraction of sp³-hybridized carbons (Fsp3) is 0.368. The smallest absolute Gasteiger partial charge is 0.119 e. The second-order valence-electron chi connectivity index (χ2n) is 5.87. The lowest BCUT2D eigenvalue weighted by atomic mass is 9.88. The van der Waals surface area contributed by atoms with E-state index in [9.17, 15) is 0 Å². The zero-order chi connectivity index (χ0) is 14.7. The average Bonchev–Trinajstić information content (AvgIpc) is 2.54. The SMILES string of the molecule is COc1cccc([C@H](C)N[C@@H]2CCc3ccccc3C2)c1. The fourth-order valence-electron chi connectivity index (χ4n) is 3.20. The van der Waals surface area contributed by atoms with Crippen LogP contribution in [0.3, 0.4) is 0 Å². The third kappa shape index (κ3) is 3.27. The molecule has 21 heavy (non-hydrogen) atoms. The largest absolute Gasteiger partial charge is 0.497 e. The first-order valence-electron chi connectivity index (χ1n) is 7.73. The number of methoxy groups -OCH3 is 1. The molecule has 0 saturated carbocycles. The van der Waals surface area contributed by atoms with Gasteiger partial charge < -0.3 is 10.1 Å². The normalized spacial score (nSPS) is 18.9. The molecular formula is C19H23NO. The fourth-order valence-corrected chi connectivity index (χ4v) is 3.20. The minimum Gasteiger partial charge on any atom is -0.497 e. The third-order valence-electron chi connectivity index (χ3n) is 4.43. The van der Waals surface area contributed by atoms with Gasteiger partial charge in [-0.05, 0) is 55.0 Å². The number of rotatable bonds is 4. The number of hydrogen-bond acceptors (Lipinski definition) is 2. The van der Waals surface area contributed by atoms with Crippen molar-refractivity contribution in [1.82, 2.24) is 5.32 Å². The second kappa shape index (κ2) is 6.31. The van der Waals surface area contributed by atoms with Crippen LogP contribution in [0.15, 0.2) is 48.5 Å². The van der Waals surface area contributed by atoms with Gasteiger partial charge in [-0.25, -0.2) is 0 Å². The highest BCUT2D eigenvalue weighted by Gasteiger charge is 2.20. The minimum atomic E-state index is 0.343. The van der Waals surface area contributed by atoms with Crippen LogP contribution in [-0.2, 0) is 12.8 Å². The van der Waals surface area contributed by atoms with Crippen LogP contribution in [0.4, 0.5) is 0 Å². The molecule has 0 heterocycles. The summed E-state index contributed by atoms with van der Waals surface area (Å²) in [6.07, 6.45) is 3.52. The maximum Gasteiger partial charge on any atom is 0.119 e. The number of hydrogen-bond donors (Lipinski definition) is 1. The van der Waals surface area contributed by atoms with Crippen molar-refractivity contribution < 1.29 is 4.74 Å². The van der Waals surface area contributed by atoms with Gasteiger partial charge in [-0.15, -0.1) is 0 Å². The Balaban J connectivity index is 1.67. The molecule has 0 radical (unpaired) electrons. The molecule has 2 atom stereocenters. The van der Waals surface area contributed by atoms with Gasteiger partial charge in [0, 0.05) is 12.1 Å². The number of nitrogens with one attached hydrogen (secondary N) is 1. The molecule has 0 aliphatic heterocycles. The van der Waals surface area contributed by atoms with Gasteiger partial charge in [0.2, 0.25) is 0 Å². The Morgan fingerprint density at radius 2 is 1.90 bits per heavy atom. The highest BCUT2D eigenvalue weighted by atomic mass is 16.5. The van der Waals surface area contributed by atoms with Crippen LogP contribution in [0.2, 0.25) is 0 Å². The molecule has 3 rings (SSSR count). The van der Waals surface area contributed by atoms with E-state index in [1.807, 2.05) is 6.07 Å². The third-order valence-corrected chi connectivity index (χ3v) is 4.43. The predicted octanol–water partition coefficient (Wildman–Crippen LogP) is 3.90. The average molecular weight is 281 g/mol. The van der Waals surface area contributed by atoms with Gasteiger partial charge in [0.25, 0.3) is 0 Å². The Morgan fingerprint density at radius 3 is 2.71 bits per heavy atom. The first kappa shape index (κ1) is 14.2. The van der Waals surface area contributed by atoms with E-state index in [4.69, 9.17) is 4.74 Å². The van der Waals surface area contributed by atoms with Crippen LogP contribution < -0.4 is 10.1 Å². The van der Waals surface area contributed by atoms with Crippen LogP contribution in [0, 0.1) is 0 Å². The molecule has 0 saturated heterocycles. The first-order chi connectivity index (χ1) is 10.3. The van der Waals surface area contributed by atoms with Crippen molar-refractivity contribution in [3.63, 3.8) is 0 Å². The monoisotopic (exact) mass is 281 g/mol. The highest BCUT2D eigenvalue weighted by molar-refractivity contribution is 5.32. The summed E-state index contributed by atoms with van der Waals surface area (Å²) >= 11 is 0. The Hall–Kier alpha value is -1.80. The molecule has 2 aromatic rings. The molecule has 2 nitrogen and oxygen atoms in total. The Kier molecular flexibility index (Phi) is 4.26. The predicted molar refractivity (Wildman–Crippen MR) is 86.8 cm³/mol. The Bertz CT molecular complexity index is 608. The van der Waals surface area contributed by atoms with Gasteiger partial charge in [0.1, 0.15) is 5.75 Å². The first-order valence-corrected chi connectivity index (χ1v) is 7.73. The van der Waals surface area contributed by atoms with Gasteiger partial charge in [0.05, 0.1) is 7.11 Å². The molecule has 0 bridgehead atoms. The molecule has 1 aliphatic carbocycles. The van der Waals surface area contributed by atoms with E-state index in [2.05, 4.69) is 54.7 Å². The lowest BCUT2D eigenvalue weighted by molar-refractivity contribution is 0.403. The minimum absolute atomic E-state index is 0.343.